The van der Waals surface area contributed by atoms with Gasteiger partial charge in [0, 0.05) is 19.1 Å². The van der Waals surface area contributed by atoms with Crippen molar-refractivity contribution in [1.82, 2.24) is 10.2 Å². The minimum absolute atomic E-state index is 0.318. The summed E-state index contributed by atoms with van der Waals surface area (Å²) in [5.74, 6) is -4.68. The van der Waals surface area contributed by atoms with Gasteiger partial charge >= 0.3 is 11.9 Å². The molecule has 2 rings (SSSR count). The number of ether oxygens (including phenoxy) is 1. The van der Waals surface area contributed by atoms with Crippen LogP contribution in [0.15, 0.2) is 0 Å². The topological polar surface area (TPSA) is 41.6 Å². The van der Waals surface area contributed by atoms with Gasteiger partial charge in [0.1, 0.15) is 6.10 Å². The van der Waals surface area contributed by atoms with E-state index in [0.717, 1.165) is 19.5 Å². The Morgan fingerprint density at radius 2 is 2.38 bits per heavy atom. The molecule has 0 spiro atoms. The average Bonchev–Trinajstić information content (AvgIpc) is 2.69. The third kappa shape index (κ3) is 2.49. The van der Waals surface area contributed by atoms with E-state index in [1.54, 1.807) is 0 Å². The molecule has 0 aliphatic carbocycles. The van der Waals surface area contributed by atoms with Crippen LogP contribution in [0.2, 0.25) is 0 Å². The maximum Gasteiger partial charge on any atom is 0.377 e. The minimum Gasteiger partial charge on any atom is -0.456 e. The summed E-state index contributed by atoms with van der Waals surface area (Å²) < 4.78 is 30.3. The number of carbonyl (C=O) groups is 1. The quantitative estimate of drug-likeness (QED) is 0.710. The van der Waals surface area contributed by atoms with Crippen molar-refractivity contribution < 1.29 is 18.3 Å². The summed E-state index contributed by atoms with van der Waals surface area (Å²) in [6, 6.07) is 0.318. The van der Waals surface area contributed by atoms with Crippen LogP contribution in [0.3, 0.4) is 0 Å². The highest BCUT2D eigenvalue weighted by molar-refractivity contribution is 5.79. The molecule has 0 aromatic carbocycles. The number of hydrogen-bond acceptors (Lipinski definition) is 4. The lowest BCUT2D eigenvalue weighted by atomic mass is 10.2. The van der Waals surface area contributed by atoms with E-state index in [1.165, 1.54) is 0 Å². The van der Waals surface area contributed by atoms with Gasteiger partial charge in [-0.25, -0.2) is 4.79 Å². The largest absolute Gasteiger partial charge is 0.456 e. The molecular formula is C10H16F2N2O2. The lowest BCUT2D eigenvalue weighted by Gasteiger charge is -2.15. The zero-order valence-corrected chi connectivity index (χ0v) is 9.21. The molecule has 0 aromatic heterocycles. The Hall–Kier alpha value is -0.750. The summed E-state index contributed by atoms with van der Waals surface area (Å²) in [7, 11) is 2.02. The molecule has 2 atom stereocenters. The van der Waals surface area contributed by atoms with Crippen LogP contribution in [-0.2, 0) is 9.53 Å². The minimum atomic E-state index is -3.29. The Morgan fingerprint density at radius 1 is 1.62 bits per heavy atom. The zero-order chi connectivity index (χ0) is 11.8. The smallest absolute Gasteiger partial charge is 0.377 e. The van der Waals surface area contributed by atoms with E-state index < -0.39 is 24.4 Å². The SMILES string of the molecule is CN1CCC(NCC2CC(F)(F)C(=O)O2)C1. The van der Waals surface area contributed by atoms with Crippen molar-refractivity contribution in [2.75, 3.05) is 26.7 Å². The number of cyclic esters (lactones) is 1. The van der Waals surface area contributed by atoms with Gasteiger partial charge < -0.3 is 15.0 Å². The predicted octanol–water partition coefficient (Wildman–Crippen LogP) is 0.231. The number of esters is 1. The Kier molecular flexibility index (Phi) is 3.12. The number of likely N-dealkylation sites (tertiary alicyclic amines) is 1. The number of rotatable bonds is 3. The first-order valence-electron chi connectivity index (χ1n) is 5.48. The van der Waals surface area contributed by atoms with Gasteiger partial charge in [-0.2, -0.15) is 8.78 Å². The number of nitrogens with zero attached hydrogens (tertiary/aromatic N) is 1. The van der Waals surface area contributed by atoms with Crippen molar-refractivity contribution in [3.8, 4) is 0 Å². The van der Waals surface area contributed by atoms with Crippen molar-refractivity contribution in [2.24, 2.45) is 0 Å². The van der Waals surface area contributed by atoms with Crippen molar-refractivity contribution in [1.29, 1.82) is 0 Å². The van der Waals surface area contributed by atoms with Gasteiger partial charge in [-0.15, -0.1) is 0 Å². The summed E-state index contributed by atoms with van der Waals surface area (Å²) >= 11 is 0. The summed E-state index contributed by atoms with van der Waals surface area (Å²) in [6.07, 6.45) is -0.178. The second-order valence-corrected chi connectivity index (χ2v) is 4.59. The molecule has 0 bridgehead atoms. The third-order valence-electron chi connectivity index (χ3n) is 3.08. The normalized spacial score (nSPS) is 34.3. The molecule has 2 heterocycles. The summed E-state index contributed by atoms with van der Waals surface area (Å²) in [6.45, 7) is 2.25. The molecule has 2 aliphatic heterocycles. The fourth-order valence-corrected chi connectivity index (χ4v) is 2.16. The molecule has 2 aliphatic rings. The number of carbonyl (C=O) groups excluding carboxylic acids is 1. The van der Waals surface area contributed by atoms with Gasteiger partial charge in [0.15, 0.2) is 0 Å². The van der Waals surface area contributed by atoms with Gasteiger partial charge in [-0.1, -0.05) is 0 Å². The van der Waals surface area contributed by atoms with Gasteiger partial charge in [0.2, 0.25) is 0 Å². The van der Waals surface area contributed by atoms with E-state index in [1.807, 2.05) is 7.05 Å². The van der Waals surface area contributed by atoms with E-state index in [2.05, 4.69) is 15.0 Å². The molecule has 0 amide bonds. The molecule has 1 N–H and O–H groups in total. The van der Waals surface area contributed by atoms with Gasteiger partial charge in [0.25, 0.3) is 0 Å². The maximum absolute atomic E-state index is 12.8. The Labute approximate surface area is 92.9 Å². The van der Waals surface area contributed by atoms with E-state index in [9.17, 15) is 13.6 Å². The Balaban J connectivity index is 1.74. The van der Waals surface area contributed by atoms with Crippen LogP contribution in [0.25, 0.3) is 0 Å². The fraction of sp³-hybridized carbons (Fsp3) is 0.900. The number of hydrogen-bond donors (Lipinski definition) is 1. The van der Waals surface area contributed by atoms with Crippen molar-refractivity contribution >= 4 is 5.97 Å². The number of nitrogens with one attached hydrogen (secondary N) is 1. The number of likely N-dealkylation sites (N-methyl/N-ethyl adjacent to an activating group) is 1. The monoisotopic (exact) mass is 234 g/mol. The van der Waals surface area contributed by atoms with Crippen molar-refractivity contribution in [3.63, 3.8) is 0 Å². The van der Waals surface area contributed by atoms with Crippen LogP contribution in [-0.4, -0.2) is 55.6 Å². The predicted molar refractivity (Wildman–Crippen MR) is 53.3 cm³/mol. The number of halogens is 2. The average molecular weight is 234 g/mol. The van der Waals surface area contributed by atoms with Crippen LogP contribution in [0.1, 0.15) is 12.8 Å². The molecule has 2 fully saturated rings. The molecule has 0 aromatic rings. The summed E-state index contributed by atoms with van der Waals surface area (Å²) in [4.78, 5) is 12.9. The second kappa shape index (κ2) is 4.25. The molecule has 16 heavy (non-hydrogen) atoms. The molecule has 4 nitrogen and oxygen atoms in total. The Bertz CT molecular complexity index is 286. The van der Waals surface area contributed by atoms with Crippen LogP contribution in [0, 0.1) is 0 Å². The van der Waals surface area contributed by atoms with E-state index in [0.29, 0.717) is 12.6 Å². The Morgan fingerprint density at radius 3 is 2.88 bits per heavy atom. The fourth-order valence-electron chi connectivity index (χ4n) is 2.16. The third-order valence-corrected chi connectivity index (χ3v) is 3.08. The van der Waals surface area contributed by atoms with E-state index >= 15 is 0 Å². The van der Waals surface area contributed by atoms with Gasteiger partial charge in [-0.3, -0.25) is 0 Å². The van der Waals surface area contributed by atoms with Crippen LogP contribution in [0.5, 0.6) is 0 Å². The first kappa shape index (κ1) is 11.7. The lowest BCUT2D eigenvalue weighted by molar-refractivity contribution is -0.159. The summed E-state index contributed by atoms with van der Waals surface area (Å²) in [5.41, 5.74) is 0. The highest BCUT2D eigenvalue weighted by Crippen LogP contribution is 2.30. The van der Waals surface area contributed by atoms with Gasteiger partial charge in [-0.05, 0) is 20.0 Å². The van der Waals surface area contributed by atoms with Crippen LogP contribution in [0.4, 0.5) is 8.78 Å². The highest BCUT2D eigenvalue weighted by atomic mass is 19.3. The maximum atomic E-state index is 12.8. The van der Waals surface area contributed by atoms with Crippen molar-refractivity contribution in [3.05, 3.63) is 0 Å². The number of alkyl halides is 2. The first-order valence-corrected chi connectivity index (χ1v) is 5.48. The van der Waals surface area contributed by atoms with E-state index in [-0.39, 0.29) is 0 Å². The van der Waals surface area contributed by atoms with E-state index in [4.69, 9.17) is 0 Å². The second-order valence-electron chi connectivity index (χ2n) is 4.59. The van der Waals surface area contributed by atoms with Crippen LogP contribution >= 0.6 is 0 Å². The molecular weight excluding hydrogens is 218 g/mol. The molecule has 2 saturated heterocycles. The molecule has 2 unspecified atom stereocenters. The standard InChI is InChI=1S/C10H16F2N2O2/c1-14-3-2-7(6-14)13-5-8-4-10(11,12)9(15)16-8/h7-8,13H,2-6H2,1H3. The van der Waals surface area contributed by atoms with Gasteiger partial charge in [0.05, 0.1) is 6.42 Å². The lowest BCUT2D eigenvalue weighted by Crippen LogP contribution is -2.37. The molecule has 92 valence electrons. The first-order chi connectivity index (χ1) is 7.47. The highest BCUT2D eigenvalue weighted by Gasteiger charge is 2.50. The van der Waals surface area contributed by atoms with Crippen molar-refractivity contribution in [2.45, 2.75) is 30.9 Å². The molecule has 6 heteroatoms. The van der Waals surface area contributed by atoms with Crippen LogP contribution < -0.4 is 5.32 Å². The molecule has 0 saturated carbocycles. The molecule has 0 radical (unpaired) electrons. The zero-order valence-electron chi connectivity index (χ0n) is 9.21. The summed E-state index contributed by atoms with van der Waals surface area (Å²) in [5, 5.41) is 3.16.